The summed E-state index contributed by atoms with van der Waals surface area (Å²) in [5, 5.41) is 0. The van der Waals surface area contributed by atoms with Gasteiger partial charge in [0.15, 0.2) is 0 Å². The molecule has 0 amide bonds. The fourth-order valence-corrected chi connectivity index (χ4v) is 1.21. The van der Waals surface area contributed by atoms with Crippen LogP contribution in [-0.4, -0.2) is 24.9 Å². The van der Waals surface area contributed by atoms with Crippen LogP contribution in [0.2, 0.25) is 0 Å². The van der Waals surface area contributed by atoms with Crippen LogP contribution in [0.15, 0.2) is 0 Å². The van der Waals surface area contributed by atoms with Crippen molar-refractivity contribution in [2.24, 2.45) is 0 Å². The van der Waals surface area contributed by atoms with Crippen LogP contribution in [0.5, 0.6) is 0 Å². The van der Waals surface area contributed by atoms with Crippen LogP contribution in [0.1, 0.15) is 19.3 Å². The summed E-state index contributed by atoms with van der Waals surface area (Å²) in [5.74, 6) is 0. The Kier molecular flexibility index (Phi) is 1.66. The molecule has 1 radical (unpaired) electrons. The molecule has 2 saturated heterocycles. The summed E-state index contributed by atoms with van der Waals surface area (Å²) >= 11 is 0. The van der Waals surface area contributed by atoms with Crippen LogP contribution in [0.25, 0.3) is 0 Å². The van der Waals surface area contributed by atoms with Crippen molar-refractivity contribution < 1.29 is 9.47 Å². The highest BCUT2D eigenvalue weighted by molar-refractivity contribution is 4.86. The molecule has 0 bridgehead atoms. The maximum Gasteiger partial charge on any atom is 0.0842 e. The van der Waals surface area contributed by atoms with E-state index < -0.39 is 0 Å². The molecule has 0 spiro atoms. The number of ether oxygens (including phenoxy) is 2. The van der Waals surface area contributed by atoms with Gasteiger partial charge in [-0.05, 0) is 26.2 Å². The molecule has 2 aliphatic rings. The number of hydrogen-bond donors (Lipinski definition) is 0. The van der Waals surface area contributed by atoms with Gasteiger partial charge >= 0.3 is 0 Å². The Bertz CT molecular complexity index is 120. The summed E-state index contributed by atoms with van der Waals surface area (Å²) in [6, 6.07) is 0. The van der Waals surface area contributed by atoms with Crippen LogP contribution < -0.4 is 0 Å². The smallest absolute Gasteiger partial charge is 0.0842 e. The first-order chi connectivity index (χ1) is 4.86. The molecule has 2 heteroatoms. The van der Waals surface area contributed by atoms with Gasteiger partial charge in [0.25, 0.3) is 0 Å². The molecule has 2 heterocycles. The summed E-state index contributed by atoms with van der Waals surface area (Å²) in [6.45, 7) is 4.78. The van der Waals surface area contributed by atoms with E-state index in [1.165, 1.54) is 19.3 Å². The quantitative estimate of drug-likeness (QED) is 0.549. The minimum atomic E-state index is 0.292. The predicted octanol–water partition coefficient (Wildman–Crippen LogP) is 1.16. The minimum Gasteiger partial charge on any atom is -0.373 e. The predicted molar refractivity (Wildman–Crippen MR) is 37.6 cm³/mol. The van der Waals surface area contributed by atoms with E-state index in [1.54, 1.807) is 0 Å². The van der Waals surface area contributed by atoms with Crippen molar-refractivity contribution in [2.75, 3.05) is 6.61 Å². The summed E-state index contributed by atoms with van der Waals surface area (Å²) in [6.07, 6.45) is 4.97. The van der Waals surface area contributed by atoms with Crippen molar-refractivity contribution in [1.82, 2.24) is 0 Å². The molecule has 2 rings (SSSR count). The van der Waals surface area contributed by atoms with Crippen LogP contribution in [0.3, 0.4) is 0 Å². The Morgan fingerprint density at radius 2 is 2.10 bits per heavy atom. The number of rotatable bonds is 4. The molecule has 57 valence electrons. The van der Waals surface area contributed by atoms with Crippen molar-refractivity contribution in [3.05, 3.63) is 6.92 Å². The maximum absolute atomic E-state index is 5.17. The molecule has 2 nitrogen and oxygen atoms in total. The van der Waals surface area contributed by atoms with Crippen LogP contribution >= 0.6 is 0 Å². The van der Waals surface area contributed by atoms with Gasteiger partial charge in [0, 0.05) is 0 Å². The third kappa shape index (κ3) is 1.70. The molecule has 3 unspecified atom stereocenters. The van der Waals surface area contributed by atoms with Gasteiger partial charge in [-0.2, -0.15) is 0 Å². The Balaban J connectivity index is 1.48. The van der Waals surface area contributed by atoms with Crippen molar-refractivity contribution >= 4 is 0 Å². The van der Waals surface area contributed by atoms with Crippen molar-refractivity contribution in [1.29, 1.82) is 0 Å². The van der Waals surface area contributed by atoms with E-state index in [0.29, 0.717) is 18.3 Å². The summed E-state index contributed by atoms with van der Waals surface area (Å²) in [4.78, 5) is 0. The largest absolute Gasteiger partial charge is 0.373 e. The van der Waals surface area contributed by atoms with E-state index >= 15 is 0 Å². The highest BCUT2D eigenvalue weighted by atomic mass is 16.6. The molecule has 0 N–H and O–H groups in total. The Hall–Kier alpha value is -0.0800. The summed E-state index contributed by atoms with van der Waals surface area (Å²) in [7, 11) is 0. The van der Waals surface area contributed by atoms with Gasteiger partial charge in [0.05, 0.1) is 24.9 Å². The van der Waals surface area contributed by atoms with Gasteiger partial charge in [-0.25, -0.2) is 0 Å². The lowest BCUT2D eigenvalue weighted by atomic mass is 10.1. The van der Waals surface area contributed by atoms with Gasteiger partial charge in [-0.1, -0.05) is 0 Å². The highest BCUT2D eigenvalue weighted by Gasteiger charge is 2.34. The molecule has 0 saturated carbocycles. The average Bonchev–Trinajstić information content (AvgIpc) is 2.73. The molecular weight excluding hydrogens is 128 g/mol. The fourth-order valence-electron chi connectivity index (χ4n) is 1.21. The van der Waals surface area contributed by atoms with Gasteiger partial charge < -0.3 is 9.47 Å². The first kappa shape index (κ1) is 6.62. The zero-order valence-corrected chi connectivity index (χ0v) is 6.08. The molecule has 0 aromatic rings. The zero-order chi connectivity index (χ0) is 6.97. The Morgan fingerprint density at radius 1 is 1.40 bits per heavy atom. The van der Waals surface area contributed by atoms with E-state index in [0.717, 1.165) is 6.61 Å². The van der Waals surface area contributed by atoms with Crippen molar-refractivity contribution in [3.63, 3.8) is 0 Å². The second-order valence-corrected chi connectivity index (χ2v) is 3.10. The normalized spacial score (nSPS) is 43.5. The molecule has 0 aromatic heterocycles. The molecular formula is C8H13O2. The third-order valence-electron chi connectivity index (χ3n) is 2.10. The molecule has 10 heavy (non-hydrogen) atoms. The molecule has 2 fully saturated rings. The van der Waals surface area contributed by atoms with Crippen molar-refractivity contribution in [2.45, 2.75) is 37.6 Å². The Morgan fingerprint density at radius 3 is 2.60 bits per heavy atom. The highest BCUT2D eigenvalue weighted by Crippen LogP contribution is 2.27. The molecule has 3 atom stereocenters. The lowest BCUT2D eigenvalue weighted by molar-refractivity contribution is 0.357. The molecule has 2 aliphatic heterocycles. The summed E-state index contributed by atoms with van der Waals surface area (Å²) < 4.78 is 10.2. The first-order valence-corrected chi connectivity index (χ1v) is 3.96. The lowest BCUT2D eigenvalue weighted by Gasteiger charge is -1.91. The fraction of sp³-hybridized carbons (Fsp3) is 0.875. The SMILES string of the molecule is [CH2]C1OC1CCCC1CO1. The molecule has 0 aliphatic carbocycles. The van der Waals surface area contributed by atoms with Crippen LogP contribution in [-0.2, 0) is 9.47 Å². The average molecular weight is 141 g/mol. The maximum atomic E-state index is 5.17. The first-order valence-electron chi connectivity index (χ1n) is 3.96. The number of epoxide rings is 2. The molecule has 0 aromatic carbocycles. The van der Waals surface area contributed by atoms with Crippen molar-refractivity contribution in [3.8, 4) is 0 Å². The lowest BCUT2D eigenvalue weighted by Crippen LogP contribution is -1.92. The van der Waals surface area contributed by atoms with Gasteiger partial charge in [0.2, 0.25) is 0 Å². The third-order valence-corrected chi connectivity index (χ3v) is 2.10. The van der Waals surface area contributed by atoms with Gasteiger partial charge in [-0.3, -0.25) is 0 Å². The van der Waals surface area contributed by atoms with Gasteiger partial charge in [0.1, 0.15) is 0 Å². The van der Waals surface area contributed by atoms with E-state index in [9.17, 15) is 0 Å². The zero-order valence-electron chi connectivity index (χ0n) is 6.08. The van der Waals surface area contributed by atoms with Gasteiger partial charge in [-0.15, -0.1) is 0 Å². The Labute approximate surface area is 61.5 Å². The van der Waals surface area contributed by atoms with E-state index in [1.807, 2.05) is 0 Å². The monoisotopic (exact) mass is 141 g/mol. The topological polar surface area (TPSA) is 25.1 Å². The van der Waals surface area contributed by atoms with Crippen LogP contribution in [0.4, 0.5) is 0 Å². The second-order valence-electron chi connectivity index (χ2n) is 3.10. The van der Waals surface area contributed by atoms with E-state index in [4.69, 9.17) is 9.47 Å². The van der Waals surface area contributed by atoms with E-state index in [2.05, 4.69) is 6.92 Å². The number of hydrogen-bond acceptors (Lipinski definition) is 2. The standard InChI is InChI=1S/C8H13O2/c1-6-8(10-6)4-2-3-7-5-9-7/h6-8H,1-5H2. The van der Waals surface area contributed by atoms with Crippen LogP contribution in [0, 0.1) is 6.92 Å². The minimum absolute atomic E-state index is 0.292. The van der Waals surface area contributed by atoms with E-state index in [-0.39, 0.29) is 0 Å². The summed E-state index contributed by atoms with van der Waals surface area (Å²) in [5.41, 5.74) is 0. The second kappa shape index (κ2) is 2.51.